The molecule has 0 aliphatic carbocycles. The highest BCUT2D eigenvalue weighted by Gasteiger charge is 2.17. The van der Waals surface area contributed by atoms with Gasteiger partial charge in [0, 0.05) is 16.8 Å². The van der Waals surface area contributed by atoms with Crippen LogP contribution in [0.1, 0.15) is 11.1 Å². The van der Waals surface area contributed by atoms with Gasteiger partial charge in [0.2, 0.25) is 0 Å². The molecule has 104 valence electrons. The first-order valence-corrected chi connectivity index (χ1v) is 6.82. The van der Waals surface area contributed by atoms with E-state index < -0.39 is 0 Å². The molecule has 21 heavy (non-hydrogen) atoms. The maximum atomic E-state index is 7.85. The Morgan fingerprint density at radius 3 is 2.10 bits per heavy atom. The topological polar surface area (TPSA) is 75.9 Å². The summed E-state index contributed by atoms with van der Waals surface area (Å²) in [6.07, 6.45) is 0. The normalized spacial score (nSPS) is 10.7. The Labute approximate surface area is 123 Å². The average Bonchev–Trinajstić information content (AvgIpc) is 2.49. The minimum atomic E-state index is 0.0509. The minimum absolute atomic E-state index is 0.0509. The fourth-order valence-electron chi connectivity index (χ4n) is 2.85. The Morgan fingerprint density at radius 1 is 0.905 bits per heavy atom. The monoisotopic (exact) mass is 275 g/mol. The molecule has 0 aliphatic heterocycles. The molecule has 0 spiro atoms. The molecule has 0 bridgehead atoms. The fourth-order valence-corrected chi connectivity index (χ4v) is 2.85. The first-order valence-electron chi connectivity index (χ1n) is 6.82. The molecule has 0 saturated heterocycles. The van der Waals surface area contributed by atoms with Gasteiger partial charge < -0.3 is 11.5 Å². The van der Waals surface area contributed by atoms with Crippen molar-refractivity contribution in [2.24, 2.45) is 5.73 Å². The number of rotatable bonds is 2. The predicted molar refractivity (Wildman–Crippen MR) is 89.5 cm³/mol. The lowest BCUT2D eigenvalue weighted by Gasteiger charge is -2.17. The number of hydrogen-bond donors (Lipinski definition) is 3. The smallest absolute Gasteiger partial charge is 0.123 e. The van der Waals surface area contributed by atoms with Crippen molar-refractivity contribution in [3.8, 4) is 11.1 Å². The van der Waals surface area contributed by atoms with Crippen molar-refractivity contribution in [3.05, 3.63) is 65.7 Å². The molecular weight excluding hydrogens is 258 g/mol. The Bertz CT molecular complexity index is 836. The number of nitrogens with two attached hydrogens (primary N) is 2. The molecule has 0 heterocycles. The van der Waals surface area contributed by atoms with E-state index in [0.29, 0.717) is 5.69 Å². The SMILES string of the molecule is Cc1c(N)c(-c2ccccc2)c2ccccc2c1C(=N)N. The van der Waals surface area contributed by atoms with Gasteiger partial charge in [-0.25, -0.2) is 0 Å². The number of nitrogens with one attached hydrogen (secondary N) is 1. The van der Waals surface area contributed by atoms with Crippen molar-refractivity contribution >= 4 is 22.3 Å². The second-order valence-corrected chi connectivity index (χ2v) is 5.11. The molecular formula is C18H17N3. The average molecular weight is 275 g/mol. The number of nitrogen functional groups attached to an aromatic ring is 2. The number of benzene rings is 3. The van der Waals surface area contributed by atoms with Gasteiger partial charge in [-0.2, -0.15) is 0 Å². The number of fused-ring (bicyclic) bond motifs is 1. The van der Waals surface area contributed by atoms with Crippen molar-refractivity contribution in [1.29, 1.82) is 5.41 Å². The van der Waals surface area contributed by atoms with E-state index in [4.69, 9.17) is 16.9 Å². The first-order chi connectivity index (χ1) is 10.1. The summed E-state index contributed by atoms with van der Waals surface area (Å²) in [5.74, 6) is 0.0509. The third-order valence-electron chi connectivity index (χ3n) is 3.85. The summed E-state index contributed by atoms with van der Waals surface area (Å²) in [7, 11) is 0. The van der Waals surface area contributed by atoms with Crippen molar-refractivity contribution in [1.82, 2.24) is 0 Å². The standard InChI is InChI=1S/C18H17N3/c1-11-15(18(20)21)13-9-5-6-10-14(13)16(17(11)19)12-7-3-2-4-8-12/h2-10H,19H2,1H3,(H3,20,21). The second-order valence-electron chi connectivity index (χ2n) is 5.11. The van der Waals surface area contributed by atoms with Crippen molar-refractivity contribution in [2.75, 3.05) is 5.73 Å². The number of anilines is 1. The van der Waals surface area contributed by atoms with E-state index >= 15 is 0 Å². The van der Waals surface area contributed by atoms with Crippen LogP contribution in [0.2, 0.25) is 0 Å². The third kappa shape index (κ3) is 2.03. The van der Waals surface area contributed by atoms with Gasteiger partial charge in [-0.1, -0.05) is 54.6 Å². The molecule has 3 rings (SSSR count). The van der Waals surface area contributed by atoms with Gasteiger partial charge in [0.1, 0.15) is 5.84 Å². The molecule has 3 aromatic rings. The van der Waals surface area contributed by atoms with E-state index in [1.54, 1.807) is 0 Å². The van der Waals surface area contributed by atoms with E-state index in [2.05, 4.69) is 0 Å². The van der Waals surface area contributed by atoms with Gasteiger partial charge in [0.25, 0.3) is 0 Å². The Balaban J connectivity index is 2.50. The number of hydrogen-bond acceptors (Lipinski definition) is 2. The molecule has 0 aliphatic rings. The van der Waals surface area contributed by atoms with E-state index in [-0.39, 0.29) is 5.84 Å². The molecule has 0 fully saturated rings. The lowest BCUT2D eigenvalue weighted by molar-refractivity contribution is 1.39. The van der Waals surface area contributed by atoms with Crippen molar-refractivity contribution in [2.45, 2.75) is 6.92 Å². The van der Waals surface area contributed by atoms with Crippen LogP contribution in [0.5, 0.6) is 0 Å². The number of amidine groups is 1. The van der Waals surface area contributed by atoms with E-state index in [1.165, 1.54) is 0 Å². The Hall–Kier alpha value is -2.81. The zero-order valence-corrected chi connectivity index (χ0v) is 11.9. The Morgan fingerprint density at radius 2 is 1.48 bits per heavy atom. The minimum Gasteiger partial charge on any atom is -0.398 e. The lowest BCUT2D eigenvalue weighted by atomic mass is 9.89. The summed E-state index contributed by atoms with van der Waals surface area (Å²) < 4.78 is 0. The quantitative estimate of drug-likeness (QED) is 0.379. The van der Waals surface area contributed by atoms with Crippen LogP contribution in [0.3, 0.4) is 0 Å². The second kappa shape index (κ2) is 4.94. The van der Waals surface area contributed by atoms with Gasteiger partial charge in [0.15, 0.2) is 0 Å². The summed E-state index contributed by atoms with van der Waals surface area (Å²) in [4.78, 5) is 0. The van der Waals surface area contributed by atoms with Crippen LogP contribution in [-0.4, -0.2) is 5.84 Å². The molecule has 0 aromatic heterocycles. The van der Waals surface area contributed by atoms with Crippen LogP contribution < -0.4 is 11.5 Å². The molecule has 3 aromatic carbocycles. The molecule has 0 amide bonds. The lowest BCUT2D eigenvalue weighted by Crippen LogP contribution is -2.15. The Kier molecular flexibility index (Phi) is 3.10. The molecule has 0 atom stereocenters. The highest BCUT2D eigenvalue weighted by atomic mass is 14.7. The third-order valence-corrected chi connectivity index (χ3v) is 3.85. The molecule has 0 radical (unpaired) electrons. The van der Waals surface area contributed by atoms with Crippen molar-refractivity contribution in [3.63, 3.8) is 0 Å². The molecule has 5 N–H and O–H groups in total. The van der Waals surface area contributed by atoms with Gasteiger partial charge >= 0.3 is 0 Å². The van der Waals surface area contributed by atoms with Crippen LogP contribution in [0.25, 0.3) is 21.9 Å². The van der Waals surface area contributed by atoms with Gasteiger partial charge in [-0.3, -0.25) is 5.41 Å². The van der Waals surface area contributed by atoms with E-state index in [9.17, 15) is 0 Å². The van der Waals surface area contributed by atoms with E-state index in [1.807, 2.05) is 61.5 Å². The fraction of sp³-hybridized carbons (Fsp3) is 0.0556. The molecule has 3 heteroatoms. The van der Waals surface area contributed by atoms with Crippen LogP contribution >= 0.6 is 0 Å². The largest absolute Gasteiger partial charge is 0.398 e. The summed E-state index contributed by atoms with van der Waals surface area (Å²) in [6, 6.07) is 18.0. The maximum Gasteiger partial charge on any atom is 0.123 e. The highest BCUT2D eigenvalue weighted by Crippen LogP contribution is 2.38. The summed E-state index contributed by atoms with van der Waals surface area (Å²) in [6.45, 7) is 1.92. The van der Waals surface area contributed by atoms with Crippen LogP contribution in [0, 0.1) is 12.3 Å². The van der Waals surface area contributed by atoms with Crippen molar-refractivity contribution < 1.29 is 0 Å². The first kappa shape index (κ1) is 13.2. The summed E-state index contributed by atoms with van der Waals surface area (Å²) in [5.41, 5.74) is 16.5. The van der Waals surface area contributed by atoms with E-state index in [0.717, 1.165) is 33.0 Å². The molecule has 0 saturated carbocycles. The zero-order valence-electron chi connectivity index (χ0n) is 11.9. The summed E-state index contributed by atoms with van der Waals surface area (Å²) in [5, 5.41) is 9.85. The summed E-state index contributed by atoms with van der Waals surface area (Å²) >= 11 is 0. The highest BCUT2D eigenvalue weighted by molar-refractivity contribution is 6.15. The van der Waals surface area contributed by atoms with Crippen LogP contribution in [0.4, 0.5) is 5.69 Å². The predicted octanol–water partition coefficient (Wildman–Crippen LogP) is 3.68. The maximum absolute atomic E-state index is 7.85. The van der Waals surface area contributed by atoms with Gasteiger partial charge in [-0.15, -0.1) is 0 Å². The van der Waals surface area contributed by atoms with Crippen LogP contribution in [-0.2, 0) is 0 Å². The molecule has 0 unspecified atom stereocenters. The zero-order chi connectivity index (χ0) is 15.0. The van der Waals surface area contributed by atoms with Gasteiger partial charge in [0.05, 0.1) is 0 Å². The van der Waals surface area contributed by atoms with Gasteiger partial charge in [-0.05, 0) is 28.8 Å². The molecule has 3 nitrogen and oxygen atoms in total. The van der Waals surface area contributed by atoms with Crippen LogP contribution in [0.15, 0.2) is 54.6 Å².